The van der Waals surface area contributed by atoms with Crippen LogP contribution in [-0.2, 0) is 19.0 Å². The van der Waals surface area contributed by atoms with E-state index in [0.717, 1.165) is 32.2 Å². The molecule has 7 nitrogen and oxygen atoms in total. The average Bonchev–Trinajstić information content (AvgIpc) is 2.47. The summed E-state index contributed by atoms with van der Waals surface area (Å²) < 4.78 is 30.6. The molecule has 0 aromatic heterocycles. The van der Waals surface area contributed by atoms with Gasteiger partial charge in [0.2, 0.25) is 6.79 Å². The predicted molar refractivity (Wildman–Crippen MR) is 58.8 cm³/mol. The number of amides is 1. The van der Waals surface area contributed by atoms with Gasteiger partial charge >= 0.3 is 6.09 Å². The molecule has 2 unspecified atom stereocenters. The minimum Gasteiger partial charge on any atom is -0.421 e. The highest BCUT2D eigenvalue weighted by Crippen LogP contribution is 2.27. The number of piperazine rings is 1. The van der Waals surface area contributed by atoms with Gasteiger partial charge in [-0.15, -0.1) is 0 Å². The Balaban J connectivity index is 1.84. The zero-order valence-corrected chi connectivity index (χ0v) is 10.4. The number of carbonyl (C=O) groups is 1. The molecule has 0 aromatic rings. The number of hydrogen-bond donors (Lipinski definition) is 1. The van der Waals surface area contributed by atoms with E-state index in [-0.39, 0.29) is 12.1 Å². The molecule has 2 saturated heterocycles. The molecule has 2 atom stereocenters. The van der Waals surface area contributed by atoms with Gasteiger partial charge in [0.1, 0.15) is 0 Å². The molecular formula is C9H16N2O5S. The summed E-state index contributed by atoms with van der Waals surface area (Å²) in [6, 6.07) is 0.305. The third kappa shape index (κ3) is 3.08. The smallest absolute Gasteiger partial charge is 0.412 e. The molecule has 0 aromatic carbocycles. The minimum atomic E-state index is -3.57. The van der Waals surface area contributed by atoms with Crippen molar-refractivity contribution in [1.29, 1.82) is 0 Å². The van der Waals surface area contributed by atoms with Crippen LogP contribution < -0.4 is 5.32 Å². The van der Waals surface area contributed by atoms with Crippen molar-refractivity contribution in [1.82, 2.24) is 10.2 Å². The maximum atomic E-state index is 11.7. The van der Waals surface area contributed by atoms with E-state index in [0.29, 0.717) is 0 Å². The zero-order valence-electron chi connectivity index (χ0n) is 9.59. The fraction of sp³-hybridized carbons (Fsp3) is 0.889. The monoisotopic (exact) mass is 264 g/mol. The molecule has 2 fully saturated rings. The molecule has 0 spiro atoms. The van der Waals surface area contributed by atoms with Crippen LogP contribution in [0, 0.1) is 0 Å². The molecule has 98 valence electrons. The van der Waals surface area contributed by atoms with Crippen LogP contribution in [-0.4, -0.2) is 57.6 Å². The van der Waals surface area contributed by atoms with Crippen molar-refractivity contribution in [3.05, 3.63) is 0 Å². The second-order valence-electron chi connectivity index (χ2n) is 4.30. The molecule has 8 heteroatoms. The fourth-order valence-corrected chi connectivity index (χ4v) is 2.54. The highest BCUT2D eigenvalue weighted by Gasteiger charge is 2.40. The van der Waals surface area contributed by atoms with Crippen molar-refractivity contribution in [2.24, 2.45) is 0 Å². The summed E-state index contributed by atoms with van der Waals surface area (Å²) in [6.45, 7) is 0.970. The van der Waals surface area contributed by atoms with Crippen LogP contribution in [0.2, 0.25) is 0 Å². The number of hydrogen-bond acceptors (Lipinski definition) is 6. The second-order valence-corrected chi connectivity index (χ2v) is 5.94. The standard InChI is InChI=1S/C9H16N2O5S/c1-17(13,14)16-6-15-9(12)11-7-2-3-8(11)5-10-4-7/h7-8,10H,2-6H2,1H3. The van der Waals surface area contributed by atoms with E-state index >= 15 is 0 Å². The van der Waals surface area contributed by atoms with Gasteiger partial charge in [-0.1, -0.05) is 0 Å². The van der Waals surface area contributed by atoms with Crippen molar-refractivity contribution in [2.45, 2.75) is 24.9 Å². The lowest BCUT2D eigenvalue weighted by molar-refractivity contribution is 0.0239. The molecular weight excluding hydrogens is 248 g/mol. The Labute approximate surface area is 100 Å². The summed E-state index contributed by atoms with van der Waals surface area (Å²) in [7, 11) is -3.57. The van der Waals surface area contributed by atoms with Gasteiger partial charge in [0.25, 0.3) is 10.1 Å². The lowest BCUT2D eigenvalue weighted by Gasteiger charge is -2.34. The summed E-state index contributed by atoms with van der Waals surface area (Å²) in [5.41, 5.74) is 0. The van der Waals surface area contributed by atoms with Crippen LogP contribution in [0.15, 0.2) is 0 Å². The topological polar surface area (TPSA) is 84.9 Å². The first-order valence-electron chi connectivity index (χ1n) is 5.47. The van der Waals surface area contributed by atoms with Crippen LogP contribution in [0.25, 0.3) is 0 Å². The van der Waals surface area contributed by atoms with Crippen molar-refractivity contribution >= 4 is 16.2 Å². The van der Waals surface area contributed by atoms with Crippen LogP contribution in [0.1, 0.15) is 12.8 Å². The highest BCUT2D eigenvalue weighted by molar-refractivity contribution is 7.85. The second kappa shape index (κ2) is 4.79. The van der Waals surface area contributed by atoms with E-state index in [4.69, 9.17) is 4.74 Å². The zero-order chi connectivity index (χ0) is 12.5. The van der Waals surface area contributed by atoms with E-state index in [9.17, 15) is 13.2 Å². The molecule has 1 amide bonds. The summed E-state index contributed by atoms with van der Waals surface area (Å²) in [5.74, 6) is 0. The van der Waals surface area contributed by atoms with E-state index in [1.54, 1.807) is 4.90 Å². The summed E-state index contributed by atoms with van der Waals surface area (Å²) >= 11 is 0. The van der Waals surface area contributed by atoms with Crippen molar-refractivity contribution in [3.63, 3.8) is 0 Å². The van der Waals surface area contributed by atoms with Crippen LogP contribution in [0.4, 0.5) is 4.79 Å². The molecule has 0 radical (unpaired) electrons. The van der Waals surface area contributed by atoms with Crippen LogP contribution >= 0.6 is 0 Å². The van der Waals surface area contributed by atoms with Gasteiger partial charge in [-0.2, -0.15) is 8.42 Å². The Hall–Kier alpha value is -0.860. The highest BCUT2D eigenvalue weighted by atomic mass is 32.2. The summed E-state index contributed by atoms with van der Waals surface area (Å²) in [4.78, 5) is 13.4. The lowest BCUT2D eigenvalue weighted by Crippen LogP contribution is -2.54. The first-order valence-corrected chi connectivity index (χ1v) is 7.29. The first kappa shape index (κ1) is 12.6. The van der Waals surface area contributed by atoms with Gasteiger partial charge in [-0.05, 0) is 12.8 Å². The number of nitrogens with zero attached hydrogens (tertiary/aromatic N) is 1. The normalized spacial score (nSPS) is 28.2. The van der Waals surface area contributed by atoms with E-state index < -0.39 is 23.0 Å². The van der Waals surface area contributed by atoms with Gasteiger partial charge in [-0.3, -0.25) is 4.90 Å². The van der Waals surface area contributed by atoms with Gasteiger partial charge in [-0.25, -0.2) is 8.98 Å². The van der Waals surface area contributed by atoms with Crippen molar-refractivity contribution < 1.29 is 22.1 Å². The SMILES string of the molecule is CS(=O)(=O)OCOC(=O)N1C2CCC1CNC2. The molecule has 2 bridgehead atoms. The number of carbonyl (C=O) groups excluding carboxylic acids is 1. The molecule has 17 heavy (non-hydrogen) atoms. The first-order chi connectivity index (χ1) is 7.97. The molecule has 0 aliphatic carbocycles. The minimum absolute atomic E-state index is 0.152. The Morgan fingerprint density at radius 2 is 1.94 bits per heavy atom. The number of nitrogens with one attached hydrogen (secondary N) is 1. The van der Waals surface area contributed by atoms with Crippen LogP contribution in [0.5, 0.6) is 0 Å². The molecule has 2 aliphatic rings. The number of fused-ring (bicyclic) bond motifs is 2. The lowest BCUT2D eigenvalue weighted by atomic mass is 10.2. The molecule has 2 aliphatic heterocycles. The molecule has 2 rings (SSSR count). The summed E-state index contributed by atoms with van der Waals surface area (Å²) in [5, 5.41) is 3.24. The molecule has 1 N–H and O–H groups in total. The van der Waals surface area contributed by atoms with E-state index in [2.05, 4.69) is 9.50 Å². The van der Waals surface area contributed by atoms with E-state index in [1.165, 1.54) is 0 Å². The van der Waals surface area contributed by atoms with Gasteiger partial charge in [0, 0.05) is 25.2 Å². The Kier molecular flexibility index (Phi) is 3.55. The van der Waals surface area contributed by atoms with Gasteiger partial charge in [0.05, 0.1) is 6.26 Å². The number of ether oxygens (including phenoxy) is 1. The largest absolute Gasteiger partial charge is 0.421 e. The van der Waals surface area contributed by atoms with Crippen molar-refractivity contribution in [2.75, 3.05) is 26.1 Å². The average molecular weight is 264 g/mol. The Morgan fingerprint density at radius 1 is 1.35 bits per heavy atom. The molecule has 0 saturated carbocycles. The Morgan fingerprint density at radius 3 is 2.47 bits per heavy atom. The van der Waals surface area contributed by atoms with Crippen molar-refractivity contribution in [3.8, 4) is 0 Å². The number of rotatable bonds is 3. The fourth-order valence-electron chi connectivity index (χ4n) is 2.31. The summed E-state index contributed by atoms with van der Waals surface area (Å²) in [6.07, 6.45) is 2.33. The molecule has 2 heterocycles. The van der Waals surface area contributed by atoms with Gasteiger partial charge in [0.15, 0.2) is 0 Å². The van der Waals surface area contributed by atoms with E-state index in [1.807, 2.05) is 0 Å². The third-order valence-electron chi connectivity index (χ3n) is 3.04. The maximum absolute atomic E-state index is 11.7. The third-order valence-corrected chi connectivity index (χ3v) is 3.56. The van der Waals surface area contributed by atoms with Gasteiger partial charge < -0.3 is 10.1 Å². The predicted octanol–water partition coefficient (Wildman–Crippen LogP) is -0.507. The maximum Gasteiger partial charge on any atom is 0.412 e. The Bertz CT molecular complexity index is 380. The van der Waals surface area contributed by atoms with Crippen LogP contribution in [0.3, 0.4) is 0 Å². The quantitative estimate of drug-likeness (QED) is 0.546.